The molecular formula is C28H34N6O2S. The molecule has 5 rings (SSSR count). The number of carbonyl (C=O) groups is 1. The second kappa shape index (κ2) is 13.0. The minimum atomic E-state index is -0.186. The number of pyridine rings is 1. The van der Waals surface area contributed by atoms with Crippen LogP contribution in [0.5, 0.6) is 0 Å². The zero-order valence-corrected chi connectivity index (χ0v) is 21.9. The molecule has 0 radical (unpaired) electrons. The molecule has 1 amide bonds. The van der Waals surface area contributed by atoms with Crippen molar-refractivity contribution in [2.24, 2.45) is 0 Å². The molecule has 1 fully saturated rings. The van der Waals surface area contributed by atoms with Crippen molar-refractivity contribution < 1.29 is 9.53 Å². The van der Waals surface area contributed by atoms with Crippen molar-refractivity contribution in [1.82, 2.24) is 19.9 Å². The summed E-state index contributed by atoms with van der Waals surface area (Å²) in [6.07, 6.45) is 19.7. The molecule has 1 atom stereocenters. The van der Waals surface area contributed by atoms with Crippen LogP contribution in [0.3, 0.4) is 0 Å². The number of thioether (sulfide) groups is 1. The third kappa shape index (κ3) is 7.28. The van der Waals surface area contributed by atoms with Crippen molar-refractivity contribution in [2.75, 3.05) is 55.0 Å². The van der Waals surface area contributed by atoms with Gasteiger partial charge in [0, 0.05) is 36.3 Å². The third-order valence-corrected chi connectivity index (χ3v) is 7.77. The quantitative estimate of drug-likeness (QED) is 0.354. The molecule has 9 heteroatoms. The van der Waals surface area contributed by atoms with Crippen molar-refractivity contribution in [3.63, 3.8) is 0 Å². The molecule has 1 unspecified atom stereocenters. The lowest BCUT2D eigenvalue weighted by atomic mass is 9.86. The standard InChI is InChI=1S/C28H34N6O2S/c35-27(7-3-15-37-16-4-10-34-11-13-36-14-12-34)33-26-18-24-25(19-29-26)30-20-31-28(24)32-23-9-8-21-5-1-2-6-22(21)17-23/h1-3,6-8,18-20,23H,4-5,9-17H2,(H,29,33,35)(H,30,31,32). The van der Waals surface area contributed by atoms with Gasteiger partial charge in [-0.25, -0.2) is 15.0 Å². The summed E-state index contributed by atoms with van der Waals surface area (Å²) in [6, 6.07) is 2.11. The third-order valence-electron chi connectivity index (χ3n) is 6.76. The van der Waals surface area contributed by atoms with Crippen LogP contribution in [-0.2, 0) is 9.53 Å². The molecule has 0 saturated carbocycles. The number of nitrogens with zero attached hydrogens (tertiary/aromatic N) is 4. The minimum Gasteiger partial charge on any atom is -0.379 e. The van der Waals surface area contributed by atoms with Gasteiger partial charge in [0.1, 0.15) is 18.0 Å². The van der Waals surface area contributed by atoms with Gasteiger partial charge < -0.3 is 15.4 Å². The number of hydrogen-bond acceptors (Lipinski definition) is 8. The van der Waals surface area contributed by atoms with Crippen molar-refractivity contribution in [1.29, 1.82) is 0 Å². The minimum absolute atomic E-state index is 0.186. The van der Waals surface area contributed by atoms with E-state index in [0.29, 0.717) is 5.82 Å². The van der Waals surface area contributed by atoms with Crippen molar-refractivity contribution in [2.45, 2.75) is 31.7 Å². The molecule has 0 spiro atoms. The number of rotatable bonds is 10. The summed E-state index contributed by atoms with van der Waals surface area (Å²) in [6.45, 7) is 4.87. The summed E-state index contributed by atoms with van der Waals surface area (Å²) in [7, 11) is 0. The van der Waals surface area contributed by atoms with Crippen molar-refractivity contribution in [3.8, 4) is 0 Å². The topological polar surface area (TPSA) is 92.3 Å². The summed E-state index contributed by atoms with van der Waals surface area (Å²) < 4.78 is 5.38. The van der Waals surface area contributed by atoms with Gasteiger partial charge in [0.25, 0.3) is 0 Å². The Bertz CT molecular complexity index is 1220. The molecule has 0 bridgehead atoms. The van der Waals surface area contributed by atoms with Crippen LogP contribution in [0.15, 0.2) is 66.2 Å². The van der Waals surface area contributed by atoms with E-state index in [2.05, 4.69) is 54.8 Å². The molecule has 1 aliphatic heterocycles. The fourth-order valence-electron chi connectivity index (χ4n) is 4.80. The lowest BCUT2D eigenvalue weighted by molar-refractivity contribution is -0.111. The maximum absolute atomic E-state index is 12.4. The summed E-state index contributed by atoms with van der Waals surface area (Å²) in [5, 5.41) is 7.31. The molecule has 2 N–H and O–H groups in total. The van der Waals surface area contributed by atoms with Gasteiger partial charge in [-0.1, -0.05) is 30.4 Å². The first-order valence-corrected chi connectivity index (χ1v) is 14.2. The number of hydrogen-bond donors (Lipinski definition) is 2. The predicted molar refractivity (Wildman–Crippen MR) is 151 cm³/mol. The van der Waals surface area contributed by atoms with Crippen LogP contribution in [0, 0.1) is 0 Å². The number of allylic oxidation sites excluding steroid dienone is 4. The highest BCUT2D eigenvalue weighted by Crippen LogP contribution is 2.32. The van der Waals surface area contributed by atoms with Crippen LogP contribution in [0.4, 0.5) is 11.6 Å². The molecule has 8 nitrogen and oxygen atoms in total. The highest BCUT2D eigenvalue weighted by molar-refractivity contribution is 7.99. The molecule has 2 aliphatic carbocycles. The zero-order valence-electron chi connectivity index (χ0n) is 21.1. The highest BCUT2D eigenvalue weighted by atomic mass is 32.2. The van der Waals surface area contributed by atoms with E-state index >= 15 is 0 Å². The fraction of sp³-hybridized carbons (Fsp3) is 0.429. The van der Waals surface area contributed by atoms with Gasteiger partial charge in [0.05, 0.1) is 24.9 Å². The number of carbonyl (C=O) groups excluding carboxylic acids is 1. The van der Waals surface area contributed by atoms with Crippen LogP contribution in [0.1, 0.15) is 25.7 Å². The highest BCUT2D eigenvalue weighted by Gasteiger charge is 2.20. The molecular weight excluding hydrogens is 484 g/mol. The van der Waals surface area contributed by atoms with Crippen LogP contribution in [-0.4, -0.2) is 76.2 Å². The predicted octanol–water partition coefficient (Wildman–Crippen LogP) is 4.36. The largest absolute Gasteiger partial charge is 0.379 e. The molecule has 1 saturated heterocycles. The lowest BCUT2D eigenvalue weighted by Gasteiger charge is -2.27. The zero-order chi connectivity index (χ0) is 25.3. The Morgan fingerprint density at radius 1 is 1.22 bits per heavy atom. The van der Waals surface area contributed by atoms with Crippen LogP contribution in [0.2, 0.25) is 0 Å². The molecule has 0 aromatic carbocycles. The van der Waals surface area contributed by atoms with Gasteiger partial charge in [-0.05, 0) is 55.2 Å². The lowest BCUT2D eigenvalue weighted by Crippen LogP contribution is -2.36. The van der Waals surface area contributed by atoms with Gasteiger partial charge in [-0.2, -0.15) is 11.8 Å². The van der Waals surface area contributed by atoms with Gasteiger partial charge >= 0.3 is 0 Å². The Hall–Kier alpha value is -3.01. The first-order valence-electron chi connectivity index (χ1n) is 13.0. The summed E-state index contributed by atoms with van der Waals surface area (Å²) in [5.74, 6) is 2.96. The van der Waals surface area contributed by atoms with Crippen LogP contribution >= 0.6 is 11.8 Å². The normalized spacial score (nSPS) is 19.9. The van der Waals surface area contributed by atoms with Gasteiger partial charge in [0.2, 0.25) is 5.91 Å². The molecule has 37 heavy (non-hydrogen) atoms. The number of ether oxygens (including phenoxy) is 1. The van der Waals surface area contributed by atoms with Crippen molar-refractivity contribution >= 4 is 40.2 Å². The van der Waals surface area contributed by atoms with E-state index < -0.39 is 0 Å². The summed E-state index contributed by atoms with van der Waals surface area (Å²) in [5.41, 5.74) is 3.56. The maximum Gasteiger partial charge on any atom is 0.249 e. The van der Waals surface area contributed by atoms with E-state index in [1.165, 1.54) is 11.1 Å². The van der Waals surface area contributed by atoms with Crippen LogP contribution < -0.4 is 10.6 Å². The van der Waals surface area contributed by atoms with E-state index in [-0.39, 0.29) is 11.9 Å². The van der Waals surface area contributed by atoms with E-state index in [0.717, 1.165) is 86.8 Å². The fourth-order valence-corrected chi connectivity index (χ4v) is 5.53. The second-order valence-electron chi connectivity index (χ2n) is 9.42. The molecule has 3 aliphatic rings. The maximum atomic E-state index is 12.4. The Kier molecular flexibility index (Phi) is 9.00. The van der Waals surface area contributed by atoms with Crippen LogP contribution in [0.25, 0.3) is 10.9 Å². The number of aromatic nitrogens is 3. The van der Waals surface area contributed by atoms with E-state index in [1.807, 2.05) is 23.9 Å². The Labute approximate surface area is 222 Å². The monoisotopic (exact) mass is 518 g/mol. The number of fused-ring (bicyclic) bond motifs is 2. The molecule has 2 aromatic heterocycles. The average molecular weight is 519 g/mol. The first-order chi connectivity index (χ1) is 18.2. The number of nitrogens with one attached hydrogen (secondary N) is 2. The van der Waals surface area contributed by atoms with Gasteiger partial charge in [-0.15, -0.1) is 0 Å². The van der Waals surface area contributed by atoms with Crippen molar-refractivity contribution in [3.05, 3.63) is 66.2 Å². The van der Waals surface area contributed by atoms with E-state index in [1.54, 1.807) is 18.6 Å². The second-order valence-corrected chi connectivity index (χ2v) is 10.6. The molecule has 194 valence electrons. The van der Waals surface area contributed by atoms with Gasteiger partial charge in [0.15, 0.2) is 0 Å². The number of amides is 1. The van der Waals surface area contributed by atoms with E-state index in [4.69, 9.17) is 4.74 Å². The van der Waals surface area contributed by atoms with E-state index in [9.17, 15) is 4.79 Å². The number of morpholine rings is 1. The van der Waals surface area contributed by atoms with Gasteiger partial charge in [-0.3, -0.25) is 9.69 Å². The summed E-state index contributed by atoms with van der Waals surface area (Å²) >= 11 is 1.84. The summed E-state index contributed by atoms with van der Waals surface area (Å²) in [4.78, 5) is 28.1. The Morgan fingerprint density at radius 2 is 2.14 bits per heavy atom. The average Bonchev–Trinajstić information content (AvgIpc) is 2.93. The Morgan fingerprint density at radius 3 is 3.05 bits per heavy atom. The molecule has 3 heterocycles. The Balaban J connectivity index is 1.11. The number of anilines is 2. The molecule has 2 aromatic rings. The first kappa shape index (κ1) is 25.6. The smallest absolute Gasteiger partial charge is 0.249 e. The SMILES string of the molecule is O=C(C=CCSCCCN1CCOCC1)Nc1cc2c(NC3CC=C4CC=CC=C4C3)ncnc2cn1.